The van der Waals surface area contributed by atoms with Crippen LogP contribution in [0.5, 0.6) is 0 Å². The highest BCUT2D eigenvalue weighted by atomic mass is 79.9. The summed E-state index contributed by atoms with van der Waals surface area (Å²) in [4.78, 5) is 30.6. The first-order valence-electron chi connectivity index (χ1n) is 10.5. The molecule has 1 fully saturated rings. The lowest BCUT2D eigenvalue weighted by Gasteiger charge is -2.30. The van der Waals surface area contributed by atoms with E-state index in [0.717, 1.165) is 29.4 Å². The van der Waals surface area contributed by atoms with Crippen LogP contribution < -0.4 is 10.6 Å². The number of carbonyl (C=O) groups excluding carboxylic acids is 2. The Morgan fingerprint density at radius 3 is 2.47 bits per heavy atom. The topological polar surface area (TPSA) is 100 Å². The molecule has 0 aliphatic carbocycles. The summed E-state index contributed by atoms with van der Waals surface area (Å²) in [7, 11) is 0. The smallest absolute Gasteiger partial charge is 0.241 e. The third-order valence-corrected chi connectivity index (χ3v) is 5.81. The van der Waals surface area contributed by atoms with Gasteiger partial charge in [0.25, 0.3) is 0 Å². The Hall–Kier alpha value is -3.04. The first-order chi connectivity index (χ1) is 15.5. The number of rotatable bonds is 6. The number of piperidine rings is 1. The monoisotopic (exact) mass is 497 g/mol. The van der Waals surface area contributed by atoms with Gasteiger partial charge in [0.05, 0.1) is 12.5 Å². The first-order valence-corrected chi connectivity index (χ1v) is 11.2. The van der Waals surface area contributed by atoms with Gasteiger partial charge in [-0.15, -0.1) is 0 Å². The molecule has 1 atom stereocenters. The Labute approximate surface area is 194 Å². The van der Waals surface area contributed by atoms with Crippen LogP contribution in [0.15, 0.2) is 57.5 Å². The fourth-order valence-corrected chi connectivity index (χ4v) is 3.99. The molecule has 1 aliphatic heterocycles. The van der Waals surface area contributed by atoms with E-state index in [4.69, 9.17) is 4.52 Å². The Morgan fingerprint density at radius 1 is 1.09 bits per heavy atom. The van der Waals surface area contributed by atoms with E-state index in [-0.39, 0.29) is 17.7 Å². The second-order valence-electron chi connectivity index (χ2n) is 7.84. The largest absolute Gasteiger partial charge is 0.338 e. The van der Waals surface area contributed by atoms with Crippen molar-refractivity contribution in [2.45, 2.75) is 26.3 Å². The Morgan fingerprint density at radius 2 is 1.78 bits per heavy atom. The van der Waals surface area contributed by atoms with Gasteiger partial charge in [-0.3, -0.25) is 14.5 Å². The molecule has 2 heterocycles. The molecule has 2 amide bonds. The van der Waals surface area contributed by atoms with E-state index in [9.17, 15) is 9.59 Å². The molecule has 2 N–H and O–H groups in total. The molecule has 2 aromatic carbocycles. The highest BCUT2D eigenvalue weighted by Gasteiger charge is 2.27. The maximum absolute atomic E-state index is 12.8. The summed E-state index contributed by atoms with van der Waals surface area (Å²) in [5.74, 6) is 0.837. The molecule has 3 aromatic rings. The summed E-state index contributed by atoms with van der Waals surface area (Å²) < 4.78 is 6.43. The number of hydrogen-bond acceptors (Lipinski definition) is 6. The van der Waals surface area contributed by atoms with Gasteiger partial charge in [0.1, 0.15) is 0 Å². The van der Waals surface area contributed by atoms with E-state index >= 15 is 0 Å². The lowest BCUT2D eigenvalue weighted by atomic mass is 9.97. The third-order valence-electron chi connectivity index (χ3n) is 5.28. The zero-order valence-corrected chi connectivity index (χ0v) is 19.3. The summed E-state index contributed by atoms with van der Waals surface area (Å²) in [5, 5.41) is 9.77. The molecule has 0 spiro atoms. The zero-order valence-electron chi connectivity index (χ0n) is 17.7. The third kappa shape index (κ3) is 5.80. The van der Waals surface area contributed by atoms with Gasteiger partial charge in [-0.2, -0.15) is 4.98 Å². The number of anilines is 2. The number of likely N-dealkylation sites (tertiary alicyclic amines) is 1. The van der Waals surface area contributed by atoms with Crippen molar-refractivity contribution < 1.29 is 14.1 Å². The van der Waals surface area contributed by atoms with Crippen molar-refractivity contribution >= 4 is 39.1 Å². The van der Waals surface area contributed by atoms with E-state index in [2.05, 4.69) is 41.6 Å². The SMILES string of the molecule is CC(=O)Nc1ccc(NC(=O)C2CCCN(Cc3nc(-c4ccc(Br)cc4)no3)C2)cc1. The minimum atomic E-state index is -0.130. The quantitative estimate of drug-likeness (QED) is 0.526. The molecule has 0 saturated carbocycles. The van der Waals surface area contributed by atoms with Crippen LogP contribution in [-0.2, 0) is 16.1 Å². The Bertz CT molecular complexity index is 1080. The minimum Gasteiger partial charge on any atom is -0.338 e. The molecule has 4 rings (SSSR count). The number of amides is 2. The van der Waals surface area contributed by atoms with E-state index in [1.807, 2.05) is 24.3 Å². The summed E-state index contributed by atoms with van der Waals surface area (Å²) in [6.07, 6.45) is 1.76. The molecular weight excluding hydrogens is 474 g/mol. The van der Waals surface area contributed by atoms with Gasteiger partial charge in [-0.1, -0.05) is 21.1 Å². The van der Waals surface area contributed by atoms with Gasteiger partial charge in [-0.25, -0.2) is 0 Å². The van der Waals surface area contributed by atoms with E-state index in [1.165, 1.54) is 6.92 Å². The van der Waals surface area contributed by atoms with Crippen LogP contribution in [0.4, 0.5) is 11.4 Å². The van der Waals surface area contributed by atoms with E-state index < -0.39 is 0 Å². The number of carbonyl (C=O) groups is 2. The number of nitrogens with zero attached hydrogens (tertiary/aromatic N) is 3. The van der Waals surface area contributed by atoms with Gasteiger partial charge in [0.15, 0.2) is 0 Å². The minimum absolute atomic E-state index is 0.0111. The van der Waals surface area contributed by atoms with Crippen molar-refractivity contribution in [3.63, 3.8) is 0 Å². The van der Waals surface area contributed by atoms with Crippen LogP contribution in [0.2, 0.25) is 0 Å². The lowest BCUT2D eigenvalue weighted by molar-refractivity contribution is -0.121. The average Bonchev–Trinajstić information content (AvgIpc) is 3.24. The van der Waals surface area contributed by atoms with Crippen molar-refractivity contribution in [1.29, 1.82) is 0 Å². The van der Waals surface area contributed by atoms with Gasteiger partial charge < -0.3 is 15.2 Å². The molecule has 0 bridgehead atoms. The van der Waals surface area contributed by atoms with Crippen molar-refractivity contribution in [3.05, 3.63) is 58.9 Å². The lowest BCUT2D eigenvalue weighted by Crippen LogP contribution is -2.40. The maximum Gasteiger partial charge on any atom is 0.241 e. The molecule has 1 aliphatic rings. The molecule has 166 valence electrons. The first kappa shape index (κ1) is 22.2. The molecule has 9 heteroatoms. The number of benzene rings is 2. The fraction of sp³-hybridized carbons (Fsp3) is 0.304. The number of halogens is 1. The van der Waals surface area contributed by atoms with Gasteiger partial charge in [0.2, 0.25) is 23.5 Å². The summed E-state index contributed by atoms with van der Waals surface area (Å²) in [6.45, 7) is 3.48. The standard InChI is InChI=1S/C23H24BrN5O3/c1-15(30)25-19-8-10-20(11-9-19)26-23(31)17-3-2-12-29(13-17)14-21-27-22(28-32-21)16-4-6-18(24)7-5-16/h4-11,17H,2-3,12-14H2,1H3,(H,25,30)(H,26,31). The van der Waals surface area contributed by atoms with Crippen molar-refractivity contribution in [2.24, 2.45) is 5.92 Å². The molecule has 0 radical (unpaired) electrons. The number of aromatic nitrogens is 2. The summed E-state index contributed by atoms with van der Waals surface area (Å²) in [6, 6.07) is 14.8. The average molecular weight is 498 g/mol. The van der Waals surface area contributed by atoms with Gasteiger partial charge >= 0.3 is 0 Å². The second kappa shape index (κ2) is 10.1. The molecule has 8 nitrogen and oxygen atoms in total. The number of hydrogen-bond donors (Lipinski definition) is 2. The van der Waals surface area contributed by atoms with Crippen LogP contribution >= 0.6 is 15.9 Å². The zero-order chi connectivity index (χ0) is 22.5. The highest BCUT2D eigenvalue weighted by molar-refractivity contribution is 9.10. The Balaban J connectivity index is 1.32. The predicted octanol–water partition coefficient (Wildman–Crippen LogP) is 4.31. The highest BCUT2D eigenvalue weighted by Crippen LogP contribution is 2.23. The molecule has 32 heavy (non-hydrogen) atoms. The molecule has 1 unspecified atom stereocenters. The van der Waals surface area contributed by atoms with Crippen LogP contribution in [0.25, 0.3) is 11.4 Å². The van der Waals surface area contributed by atoms with Crippen LogP contribution in [0.3, 0.4) is 0 Å². The summed E-state index contributed by atoms with van der Waals surface area (Å²) >= 11 is 3.42. The normalized spacial score (nSPS) is 16.5. The summed E-state index contributed by atoms with van der Waals surface area (Å²) in [5.41, 5.74) is 2.29. The van der Waals surface area contributed by atoms with E-state index in [1.54, 1.807) is 24.3 Å². The predicted molar refractivity (Wildman–Crippen MR) is 125 cm³/mol. The van der Waals surface area contributed by atoms with Crippen LogP contribution in [0.1, 0.15) is 25.7 Å². The van der Waals surface area contributed by atoms with Crippen molar-refractivity contribution in [3.8, 4) is 11.4 Å². The Kier molecular flexibility index (Phi) is 6.96. The van der Waals surface area contributed by atoms with Crippen molar-refractivity contribution in [1.82, 2.24) is 15.0 Å². The fourth-order valence-electron chi connectivity index (χ4n) is 3.72. The molecule has 1 aromatic heterocycles. The van der Waals surface area contributed by atoms with E-state index in [0.29, 0.717) is 36.2 Å². The van der Waals surface area contributed by atoms with Gasteiger partial charge in [0, 0.05) is 34.9 Å². The van der Waals surface area contributed by atoms with Crippen LogP contribution in [-0.4, -0.2) is 39.9 Å². The molecular formula is C23H24BrN5O3. The second-order valence-corrected chi connectivity index (χ2v) is 8.76. The van der Waals surface area contributed by atoms with Crippen molar-refractivity contribution in [2.75, 3.05) is 23.7 Å². The molecule has 1 saturated heterocycles. The number of nitrogens with one attached hydrogen (secondary N) is 2. The maximum atomic E-state index is 12.8. The van der Waals surface area contributed by atoms with Gasteiger partial charge in [-0.05, 0) is 67.9 Å². The van der Waals surface area contributed by atoms with Crippen LogP contribution in [0, 0.1) is 5.92 Å².